The number of rotatable bonds is 0. The Morgan fingerprint density at radius 3 is 2.30 bits per heavy atom. The number of ether oxygens (including phenoxy) is 2. The lowest BCUT2D eigenvalue weighted by Crippen LogP contribution is -2.70. The van der Waals surface area contributed by atoms with Crippen LogP contribution < -0.4 is 0 Å². The van der Waals surface area contributed by atoms with Crippen LogP contribution in [0.5, 0.6) is 0 Å². The summed E-state index contributed by atoms with van der Waals surface area (Å²) in [4.78, 5) is 25.8. The van der Waals surface area contributed by atoms with Crippen molar-refractivity contribution in [1.82, 2.24) is 0 Å². The van der Waals surface area contributed by atoms with Crippen LogP contribution in [-0.2, 0) is 19.1 Å². The number of aliphatic hydroxyl groups is 2. The second-order valence-corrected chi connectivity index (χ2v) is 9.92. The molecule has 0 aromatic rings. The molecule has 7 atom stereocenters. The van der Waals surface area contributed by atoms with Crippen molar-refractivity contribution in [2.75, 3.05) is 0 Å². The van der Waals surface area contributed by atoms with Crippen LogP contribution in [0.15, 0.2) is 11.5 Å². The molecule has 0 radical (unpaired) electrons. The highest BCUT2D eigenvalue weighted by atomic mass is 16.7. The summed E-state index contributed by atoms with van der Waals surface area (Å²) in [5.74, 6) is -0.335. The van der Waals surface area contributed by atoms with Gasteiger partial charge in [0, 0.05) is 24.2 Å². The van der Waals surface area contributed by atoms with Crippen molar-refractivity contribution in [1.29, 1.82) is 0 Å². The van der Waals surface area contributed by atoms with E-state index in [4.69, 9.17) is 9.47 Å². The molecule has 0 unspecified atom stereocenters. The van der Waals surface area contributed by atoms with E-state index in [9.17, 15) is 19.8 Å². The van der Waals surface area contributed by atoms with Crippen LogP contribution in [0.4, 0.5) is 0 Å². The smallest absolute Gasteiger partial charge is 0.287 e. The Balaban J connectivity index is 1.83. The van der Waals surface area contributed by atoms with E-state index in [-0.39, 0.29) is 41.9 Å². The third-order valence-corrected chi connectivity index (χ3v) is 8.08. The summed E-state index contributed by atoms with van der Waals surface area (Å²) in [7, 11) is 0. The number of ketones is 2. The van der Waals surface area contributed by atoms with Crippen LogP contribution >= 0.6 is 0 Å². The van der Waals surface area contributed by atoms with E-state index < -0.39 is 28.6 Å². The van der Waals surface area contributed by atoms with Crippen LogP contribution in [-0.4, -0.2) is 45.7 Å². The van der Waals surface area contributed by atoms with E-state index in [1.807, 2.05) is 34.6 Å². The highest BCUT2D eigenvalue weighted by Gasteiger charge is 2.69. The normalized spacial score (nSPS) is 48.8. The van der Waals surface area contributed by atoms with Gasteiger partial charge >= 0.3 is 0 Å². The average Bonchev–Trinajstić information content (AvgIpc) is 2.55. The zero-order chi connectivity index (χ0) is 19.9. The van der Waals surface area contributed by atoms with Crippen molar-refractivity contribution in [3.63, 3.8) is 0 Å². The predicted octanol–water partition coefficient (Wildman–Crippen LogP) is 2.12. The summed E-state index contributed by atoms with van der Waals surface area (Å²) in [5.41, 5.74) is -1.80. The molecule has 6 nitrogen and oxygen atoms in total. The lowest BCUT2D eigenvalue weighted by molar-refractivity contribution is -0.255. The molecule has 0 amide bonds. The fraction of sp³-hybridized carbons (Fsp3) is 0.810. The Hall–Kier alpha value is -1.40. The van der Waals surface area contributed by atoms with Gasteiger partial charge in [0.05, 0.1) is 17.8 Å². The van der Waals surface area contributed by atoms with Gasteiger partial charge in [-0.3, -0.25) is 9.59 Å². The first-order chi connectivity index (χ1) is 12.4. The van der Waals surface area contributed by atoms with Gasteiger partial charge in [0.25, 0.3) is 5.95 Å². The first kappa shape index (κ1) is 18.9. The van der Waals surface area contributed by atoms with E-state index in [0.29, 0.717) is 24.8 Å². The van der Waals surface area contributed by atoms with E-state index in [1.54, 1.807) is 0 Å². The Labute approximate surface area is 159 Å². The zero-order valence-electron chi connectivity index (χ0n) is 16.7. The number of allylic oxidation sites excluding steroid dienone is 1. The van der Waals surface area contributed by atoms with Crippen molar-refractivity contribution in [3.05, 3.63) is 11.5 Å². The second kappa shape index (κ2) is 5.57. The molecule has 4 rings (SSSR count). The summed E-state index contributed by atoms with van der Waals surface area (Å²) in [6.45, 7) is 9.52. The lowest BCUT2D eigenvalue weighted by atomic mass is 9.43. The summed E-state index contributed by atoms with van der Waals surface area (Å²) in [5, 5.41) is 21.6. The largest absolute Gasteiger partial charge is 0.462 e. The quantitative estimate of drug-likeness (QED) is 0.671. The summed E-state index contributed by atoms with van der Waals surface area (Å²) >= 11 is 0. The van der Waals surface area contributed by atoms with E-state index in [2.05, 4.69) is 0 Å². The first-order valence-corrected chi connectivity index (χ1v) is 9.93. The molecular weight excluding hydrogens is 348 g/mol. The molecule has 2 fully saturated rings. The molecule has 150 valence electrons. The minimum Gasteiger partial charge on any atom is -0.462 e. The molecule has 4 aliphatic rings. The Morgan fingerprint density at radius 1 is 0.963 bits per heavy atom. The van der Waals surface area contributed by atoms with Crippen LogP contribution in [0.3, 0.4) is 0 Å². The Kier molecular flexibility index (Phi) is 3.91. The average molecular weight is 378 g/mol. The summed E-state index contributed by atoms with van der Waals surface area (Å²) < 4.78 is 11.9. The number of Topliss-reactive ketones (excluding diaryl/α,β-unsaturated/α-hetero) is 2. The number of carbonyl (C=O) groups is 2. The van der Waals surface area contributed by atoms with Crippen molar-refractivity contribution in [2.24, 2.45) is 22.7 Å². The molecule has 2 saturated carbocycles. The van der Waals surface area contributed by atoms with Gasteiger partial charge in [-0.2, -0.15) is 0 Å². The van der Waals surface area contributed by atoms with Gasteiger partial charge in [-0.1, -0.05) is 20.8 Å². The fourth-order valence-corrected chi connectivity index (χ4v) is 6.16. The fourth-order valence-electron chi connectivity index (χ4n) is 6.16. The number of carbonyl (C=O) groups excluding carboxylic acids is 2. The van der Waals surface area contributed by atoms with Gasteiger partial charge in [0.15, 0.2) is 5.78 Å². The van der Waals surface area contributed by atoms with Crippen molar-refractivity contribution < 1.29 is 29.3 Å². The minimum absolute atomic E-state index is 0.00596. The van der Waals surface area contributed by atoms with Gasteiger partial charge in [-0.15, -0.1) is 0 Å². The molecule has 0 spiro atoms. The summed E-state index contributed by atoms with van der Waals surface area (Å²) in [6, 6.07) is 0. The van der Waals surface area contributed by atoms with Gasteiger partial charge in [-0.05, 0) is 38.0 Å². The number of fused-ring (bicyclic) bond motifs is 3. The molecule has 0 bridgehead atoms. The standard InChI is InChI=1S/C21H30O6/c1-10-6-12(22)11-7-14-20(4)13(19(2,3)15(23)9-16(20)24)8-17(25)21(14,5)27-18(11)26-10/h10,13-15,17,23,25H,6-9H2,1-5H3/t10-,13-,14-,15-,17-,20+,21+/m1/s1. The van der Waals surface area contributed by atoms with Crippen molar-refractivity contribution >= 4 is 11.6 Å². The third kappa shape index (κ3) is 2.32. The molecule has 27 heavy (non-hydrogen) atoms. The number of hydrogen-bond donors (Lipinski definition) is 2. The predicted molar refractivity (Wildman–Crippen MR) is 96.4 cm³/mol. The monoisotopic (exact) mass is 378 g/mol. The van der Waals surface area contributed by atoms with Gasteiger partial charge in [-0.25, -0.2) is 0 Å². The molecule has 0 aromatic carbocycles. The molecule has 2 heterocycles. The van der Waals surface area contributed by atoms with Gasteiger partial charge < -0.3 is 19.7 Å². The maximum Gasteiger partial charge on any atom is 0.287 e. The Morgan fingerprint density at radius 2 is 1.63 bits per heavy atom. The molecule has 2 aliphatic heterocycles. The van der Waals surface area contributed by atoms with E-state index in [1.165, 1.54) is 0 Å². The summed E-state index contributed by atoms with van der Waals surface area (Å²) in [6.07, 6.45) is -0.693. The maximum absolute atomic E-state index is 13.2. The van der Waals surface area contributed by atoms with Crippen LogP contribution in [0.25, 0.3) is 0 Å². The second-order valence-electron chi connectivity index (χ2n) is 9.92. The van der Waals surface area contributed by atoms with Gasteiger partial charge in [0.2, 0.25) is 0 Å². The van der Waals surface area contributed by atoms with Crippen LogP contribution in [0.1, 0.15) is 60.3 Å². The first-order valence-electron chi connectivity index (χ1n) is 9.93. The zero-order valence-corrected chi connectivity index (χ0v) is 16.7. The van der Waals surface area contributed by atoms with Gasteiger partial charge in [0.1, 0.15) is 17.5 Å². The Bertz CT molecular complexity index is 739. The highest BCUT2D eigenvalue weighted by molar-refractivity contribution is 5.97. The molecule has 0 aromatic heterocycles. The van der Waals surface area contributed by atoms with Crippen molar-refractivity contribution in [3.8, 4) is 0 Å². The topological polar surface area (TPSA) is 93.1 Å². The van der Waals surface area contributed by atoms with Crippen LogP contribution in [0, 0.1) is 22.7 Å². The molecule has 2 aliphatic carbocycles. The number of aliphatic hydroxyl groups excluding tert-OH is 2. The SMILES string of the molecule is C[C@@H]1CC(=O)C2=C(O1)O[C@]1(C)[C@H](O)C[C@@H]3C(C)(C)[C@H](O)CC(=O)[C@]3(C)[C@H]1C2. The van der Waals surface area contributed by atoms with E-state index in [0.717, 1.165) is 0 Å². The molecule has 6 heteroatoms. The van der Waals surface area contributed by atoms with Crippen molar-refractivity contribution in [2.45, 2.75) is 84.2 Å². The molecule has 0 saturated heterocycles. The number of hydrogen-bond acceptors (Lipinski definition) is 6. The molecule has 2 N–H and O–H groups in total. The maximum atomic E-state index is 13.2. The third-order valence-electron chi connectivity index (χ3n) is 8.08. The van der Waals surface area contributed by atoms with E-state index >= 15 is 0 Å². The highest BCUT2D eigenvalue weighted by Crippen LogP contribution is 2.64. The van der Waals surface area contributed by atoms with Crippen LogP contribution in [0.2, 0.25) is 0 Å². The lowest BCUT2D eigenvalue weighted by Gasteiger charge is -2.64. The molecular formula is C21H30O6. The minimum atomic E-state index is -1.00.